The van der Waals surface area contributed by atoms with Crippen LogP contribution >= 0.6 is 7.05 Å². The molecule has 5 rings (SSSR count). The average Bonchev–Trinajstić information content (AvgIpc) is 3.41. The molecule has 0 N–H and O–H groups in total. The van der Waals surface area contributed by atoms with Crippen LogP contribution in [0.25, 0.3) is 5.69 Å². The quantitative estimate of drug-likeness (QED) is 0.117. The van der Waals surface area contributed by atoms with Crippen LogP contribution in [0.3, 0.4) is 0 Å². The van der Waals surface area contributed by atoms with E-state index in [4.69, 9.17) is 9.48 Å². The standard InChI is InChI=1S/C29H24N5O4P/c1-2-38-29(35)27-28(33(32-30-27)22-13-12-14-23(21-22)34(36)37)31-39(24-15-6-3-7-16-24,25-17-8-4-9-18-25)26-19-10-5-11-20-26/h3-21H,2H2,1H3. The summed E-state index contributed by atoms with van der Waals surface area (Å²) in [7, 11) is -2.82. The maximum Gasteiger partial charge on any atom is 0.362 e. The largest absolute Gasteiger partial charge is 0.461 e. The van der Waals surface area contributed by atoms with Gasteiger partial charge in [-0.25, -0.2) is 9.54 Å². The second kappa shape index (κ2) is 11.2. The molecule has 0 aliphatic rings. The normalized spacial score (nSPS) is 11.1. The summed E-state index contributed by atoms with van der Waals surface area (Å²) in [6, 6.07) is 35.6. The number of esters is 1. The molecule has 1 aromatic heterocycles. The molecule has 0 aliphatic carbocycles. The zero-order valence-corrected chi connectivity index (χ0v) is 21.9. The van der Waals surface area contributed by atoms with Crippen molar-refractivity contribution in [2.24, 2.45) is 4.74 Å². The van der Waals surface area contributed by atoms with Crippen molar-refractivity contribution >= 4 is 40.4 Å². The molecule has 9 nitrogen and oxygen atoms in total. The van der Waals surface area contributed by atoms with Gasteiger partial charge in [0, 0.05) is 28.0 Å². The van der Waals surface area contributed by atoms with E-state index in [9.17, 15) is 14.9 Å². The molecule has 0 fully saturated rings. The number of aromatic nitrogens is 3. The molecular formula is C29H24N5O4P. The fraction of sp³-hybridized carbons (Fsp3) is 0.0690. The van der Waals surface area contributed by atoms with Crippen molar-refractivity contribution in [2.45, 2.75) is 6.92 Å². The van der Waals surface area contributed by atoms with Crippen molar-refractivity contribution < 1.29 is 14.5 Å². The summed E-state index contributed by atoms with van der Waals surface area (Å²) in [4.78, 5) is 24.1. The Kier molecular flexibility index (Phi) is 7.43. The minimum absolute atomic E-state index is 0.0736. The van der Waals surface area contributed by atoms with Gasteiger partial charge in [0.2, 0.25) is 5.69 Å². The number of rotatable bonds is 8. The van der Waals surface area contributed by atoms with Gasteiger partial charge in [0.25, 0.3) is 5.69 Å². The first-order chi connectivity index (χ1) is 19.0. The fourth-order valence-corrected chi connectivity index (χ4v) is 7.82. The summed E-state index contributed by atoms with van der Waals surface area (Å²) in [5.74, 6) is -0.529. The second-order valence-electron chi connectivity index (χ2n) is 8.41. The van der Waals surface area contributed by atoms with E-state index in [1.807, 2.05) is 91.0 Å². The lowest BCUT2D eigenvalue weighted by molar-refractivity contribution is -0.384. The van der Waals surface area contributed by atoms with Crippen LogP contribution in [0.4, 0.5) is 11.5 Å². The molecule has 0 saturated carbocycles. The Bertz CT molecular complexity index is 1570. The van der Waals surface area contributed by atoms with Gasteiger partial charge in [-0.1, -0.05) is 102 Å². The Morgan fingerprint density at radius 3 is 1.90 bits per heavy atom. The zero-order valence-electron chi connectivity index (χ0n) is 21.0. The number of nitro benzene ring substituents is 1. The van der Waals surface area contributed by atoms with Crippen LogP contribution in [-0.2, 0) is 4.74 Å². The van der Waals surface area contributed by atoms with Crippen LogP contribution in [0.1, 0.15) is 17.4 Å². The molecular weight excluding hydrogens is 513 g/mol. The van der Waals surface area contributed by atoms with Gasteiger partial charge in [0.15, 0.2) is 5.82 Å². The van der Waals surface area contributed by atoms with E-state index in [1.165, 1.54) is 16.8 Å². The molecule has 194 valence electrons. The molecule has 0 saturated heterocycles. The number of non-ortho nitro benzene ring substituents is 1. The van der Waals surface area contributed by atoms with E-state index in [2.05, 4.69) is 10.3 Å². The number of nitro groups is 1. The summed E-state index contributed by atoms with van der Waals surface area (Å²) in [5, 5.41) is 22.7. The zero-order chi connectivity index (χ0) is 27.2. The number of ether oxygens (including phenoxy) is 1. The highest BCUT2D eigenvalue weighted by molar-refractivity contribution is 7.87. The summed E-state index contributed by atoms with van der Waals surface area (Å²) < 4.78 is 12.1. The Hall–Kier alpha value is -4.88. The molecule has 5 aromatic rings. The van der Waals surface area contributed by atoms with E-state index < -0.39 is 17.9 Å². The number of carbonyl (C=O) groups is 1. The predicted molar refractivity (Wildman–Crippen MR) is 151 cm³/mol. The second-order valence-corrected chi connectivity index (χ2v) is 11.4. The van der Waals surface area contributed by atoms with E-state index in [1.54, 1.807) is 19.1 Å². The SMILES string of the molecule is CCOC(=O)c1nnn(-c2cccc([N+](=O)[O-])c2)c1N=P(c1ccccc1)(c1ccccc1)c1ccccc1. The molecule has 0 radical (unpaired) electrons. The number of carbonyl (C=O) groups excluding carboxylic acids is 1. The van der Waals surface area contributed by atoms with Gasteiger partial charge < -0.3 is 4.74 Å². The topological polar surface area (TPSA) is 113 Å². The molecule has 0 atom stereocenters. The van der Waals surface area contributed by atoms with Crippen molar-refractivity contribution in [3.63, 3.8) is 0 Å². The van der Waals surface area contributed by atoms with Crippen molar-refractivity contribution in [1.82, 2.24) is 15.0 Å². The van der Waals surface area contributed by atoms with Crippen LogP contribution in [0.2, 0.25) is 0 Å². The third-order valence-electron chi connectivity index (χ3n) is 6.03. The Labute approximate surface area is 224 Å². The Morgan fingerprint density at radius 2 is 1.41 bits per heavy atom. The maximum atomic E-state index is 13.1. The summed E-state index contributed by atoms with van der Waals surface area (Å²) in [5.41, 5.74) is 0.149. The van der Waals surface area contributed by atoms with Gasteiger partial charge in [-0.15, -0.1) is 5.10 Å². The minimum Gasteiger partial charge on any atom is -0.461 e. The van der Waals surface area contributed by atoms with Crippen molar-refractivity contribution in [3.8, 4) is 5.69 Å². The van der Waals surface area contributed by atoms with Crippen LogP contribution in [0.5, 0.6) is 0 Å². The lowest BCUT2D eigenvalue weighted by atomic mass is 10.3. The Balaban J connectivity index is 1.92. The van der Waals surface area contributed by atoms with Gasteiger partial charge in [-0.05, 0) is 13.0 Å². The third-order valence-corrected chi connectivity index (χ3v) is 9.66. The molecule has 10 heteroatoms. The number of hydrogen-bond donors (Lipinski definition) is 0. The molecule has 0 bridgehead atoms. The average molecular weight is 538 g/mol. The van der Waals surface area contributed by atoms with Gasteiger partial charge in [0.1, 0.15) is 0 Å². The van der Waals surface area contributed by atoms with Crippen molar-refractivity contribution in [3.05, 3.63) is 131 Å². The Morgan fingerprint density at radius 1 is 0.872 bits per heavy atom. The third kappa shape index (κ3) is 5.00. The van der Waals surface area contributed by atoms with Gasteiger partial charge in [0.05, 0.1) is 24.3 Å². The fourth-order valence-electron chi connectivity index (χ4n) is 4.30. The molecule has 0 spiro atoms. The van der Waals surface area contributed by atoms with Gasteiger partial charge >= 0.3 is 5.97 Å². The highest BCUT2D eigenvalue weighted by Gasteiger charge is 2.31. The molecule has 0 aliphatic heterocycles. The van der Waals surface area contributed by atoms with Crippen LogP contribution in [0, 0.1) is 10.1 Å². The lowest BCUT2D eigenvalue weighted by Crippen LogP contribution is -2.25. The highest BCUT2D eigenvalue weighted by Crippen LogP contribution is 2.50. The van der Waals surface area contributed by atoms with Crippen molar-refractivity contribution in [1.29, 1.82) is 0 Å². The van der Waals surface area contributed by atoms with Crippen LogP contribution in [0.15, 0.2) is 120 Å². The maximum absolute atomic E-state index is 13.1. The van der Waals surface area contributed by atoms with E-state index in [0.717, 1.165) is 15.9 Å². The number of benzene rings is 4. The van der Waals surface area contributed by atoms with Crippen molar-refractivity contribution in [2.75, 3.05) is 6.61 Å². The monoisotopic (exact) mass is 537 g/mol. The van der Waals surface area contributed by atoms with Gasteiger partial charge in [-0.2, -0.15) is 4.68 Å². The molecule has 1 heterocycles. The summed E-state index contributed by atoms with van der Waals surface area (Å²) in [6.45, 7) is 1.84. The molecule has 0 unspecified atom stereocenters. The van der Waals surface area contributed by atoms with Crippen LogP contribution < -0.4 is 15.9 Å². The first-order valence-electron chi connectivity index (χ1n) is 12.2. The molecule has 39 heavy (non-hydrogen) atoms. The van der Waals surface area contributed by atoms with E-state index in [0.29, 0.717) is 5.69 Å². The number of hydrogen-bond acceptors (Lipinski definition) is 7. The summed E-state index contributed by atoms with van der Waals surface area (Å²) in [6.07, 6.45) is 0. The highest BCUT2D eigenvalue weighted by atomic mass is 31.2. The smallest absolute Gasteiger partial charge is 0.362 e. The number of nitrogens with zero attached hydrogens (tertiary/aromatic N) is 5. The lowest BCUT2D eigenvalue weighted by Gasteiger charge is -2.27. The van der Waals surface area contributed by atoms with E-state index >= 15 is 0 Å². The molecule has 4 aromatic carbocycles. The molecule has 0 amide bonds. The first kappa shape index (κ1) is 25.8. The van der Waals surface area contributed by atoms with Gasteiger partial charge in [-0.3, -0.25) is 10.1 Å². The minimum atomic E-state index is -2.82. The summed E-state index contributed by atoms with van der Waals surface area (Å²) >= 11 is 0. The first-order valence-corrected chi connectivity index (χ1v) is 14.0. The van der Waals surface area contributed by atoms with E-state index in [-0.39, 0.29) is 23.8 Å². The van der Waals surface area contributed by atoms with Crippen LogP contribution in [-0.4, -0.2) is 32.5 Å². The predicted octanol–water partition coefficient (Wildman–Crippen LogP) is 5.16.